The van der Waals surface area contributed by atoms with E-state index in [1.54, 1.807) is 11.8 Å². The van der Waals surface area contributed by atoms with E-state index in [1.165, 1.54) is 16.2 Å². The number of carbonyl (C=O) groups excluding carboxylic acids is 3. The Morgan fingerprint density at radius 2 is 1.76 bits per heavy atom. The van der Waals surface area contributed by atoms with Crippen molar-refractivity contribution in [3.8, 4) is 5.75 Å². The van der Waals surface area contributed by atoms with E-state index in [0.29, 0.717) is 11.4 Å². The highest BCUT2D eigenvalue weighted by Crippen LogP contribution is 2.68. The first kappa shape index (κ1) is 28.8. The van der Waals surface area contributed by atoms with Crippen LogP contribution in [-0.4, -0.2) is 34.6 Å². The number of fused-ring (bicyclic) bond motifs is 9. The molecule has 228 valence electrons. The molecule has 8 nitrogen and oxygen atoms in total. The summed E-state index contributed by atoms with van der Waals surface area (Å²) in [5.74, 6) is -0.682. The number of nitrogens with one attached hydrogen (secondary N) is 2. The molecule has 0 radical (unpaired) electrons. The normalized spacial score (nSPS) is 27.7. The molecule has 2 bridgehead atoms. The number of thioether (sulfide) groups is 1. The largest absolute Gasteiger partial charge is 0.484 e. The number of anilines is 2. The molecule has 1 aromatic heterocycles. The monoisotopic (exact) mass is 701 g/mol. The van der Waals surface area contributed by atoms with Gasteiger partial charge in [0.2, 0.25) is 11.8 Å². The number of hydrogen-bond acceptors (Lipinski definition) is 7. The van der Waals surface area contributed by atoms with Gasteiger partial charge in [-0.1, -0.05) is 57.6 Å². The average Bonchev–Trinajstić information content (AvgIpc) is 3.77. The molecular weight excluding hydrogens is 674 g/mol. The zero-order valence-electron chi connectivity index (χ0n) is 24.1. The van der Waals surface area contributed by atoms with Gasteiger partial charge in [-0.25, -0.2) is 0 Å². The van der Waals surface area contributed by atoms with E-state index in [9.17, 15) is 19.2 Å². The van der Waals surface area contributed by atoms with Crippen molar-refractivity contribution in [3.63, 3.8) is 0 Å². The van der Waals surface area contributed by atoms with Crippen LogP contribution >= 0.6 is 39.0 Å². The van der Waals surface area contributed by atoms with E-state index in [4.69, 9.17) is 4.74 Å². The first-order valence-corrected chi connectivity index (χ1v) is 17.4. The van der Waals surface area contributed by atoms with Gasteiger partial charge >= 0.3 is 4.87 Å². The Morgan fingerprint density at radius 1 is 1.00 bits per heavy atom. The van der Waals surface area contributed by atoms with Crippen LogP contribution in [0.15, 0.2) is 87.1 Å². The second-order valence-corrected chi connectivity index (χ2v) is 15.3. The zero-order valence-corrected chi connectivity index (χ0v) is 27.3. The van der Waals surface area contributed by atoms with Gasteiger partial charge in [-0.05, 0) is 84.7 Å². The fraction of sp³-hybridized carbons (Fsp3) is 0.294. The number of benzene rings is 3. The summed E-state index contributed by atoms with van der Waals surface area (Å²) in [6, 6.07) is 22.6. The average molecular weight is 703 g/mol. The Hall–Kier alpha value is -3.67. The number of aromatic amines is 1. The molecule has 4 unspecified atom stereocenters. The summed E-state index contributed by atoms with van der Waals surface area (Å²) in [6.07, 6.45) is 0.814. The minimum absolute atomic E-state index is 0.00853. The molecule has 3 amide bonds. The lowest BCUT2D eigenvalue weighted by Crippen LogP contribution is -2.42. The molecule has 3 fully saturated rings. The molecule has 4 aliphatic rings. The van der Waals surface area contributed by atoms with Gasteiger partial charge in [0.1, 0.15) is 5.75 Å². The van der Waals surface area contributed by atoms with Crippen LogP contribution in [0.3, 0.4) is 0 Å². The molecule has 45 heavy (non-hydrogen) atoms. The van der Waals surface area contributed by atoms with Crippen LogP contribution in [-0.2, 0) is 14.4 Å². The van der Waals surface area contributed by atoms with Crippen molar-refractivity contribution in [1.29, 1.82) is 0 Å². The Kier molecular flexibility index (Phi) is 7.03. The van der Waals surface area contributed by atoms with Crippen molar-refractivity contribution in [2.45, 2.75) is 29.5 Å². The van der Waals surface area contributed by atoms with Crippen LogP contribution in [0.25, 0.3) is 0 Å². The number of nitrogens with zero attached hydrogens (tertiary/aromatic N) is 1. The zero-order chi connectivity index (χ0) is 31.0. The van der Waals surface area contributed by atoms with Crippen LogP contribution in [0, 0.1) is 36.5 Å². The number of aryl methyl sites for hydroxylation is 1. The summed E-state index contributed by atoms with van der Waals surface area (Å²) < 4.78 is 6.84. The molecule has 7 atom stereocenters. The number of hydrogen-bond donors (Lipinski definition) is 2. The van der Waals surface area contributed by atoms with E-state index >= 15 is 0 Å². The van der Waals surface area contributed by atoms with Crippen molar-refractivity contribution < 1.29 is 19.1 Å². The van der Waals surface area contributed by atoms with Gasteiger partial charge in [0.25, 0.3) is 5.91 Å². The van der Waals surface area contributed by atoms with Crippen molar-refractivity contribution in [2.24, 2.45) is 29.6 Å². The van der Waals surface area contributed by atoms with Crippen LogP contribution in [0.2, 0.25) is 0 Å². The SMILES string of the molecule is Cc1ccccc1NC(=O)COc1cccc([C@H]2c3sc(=O)[nH]c3SC3C2[C@H]2C[C@@H]3C3C(=O)N(c4ccc(Br)cc4)C(=O)C32)c1. The quantitative estimate of drug-likeness (QED) is 0.232. The number of amides is 3. The van der Waals surface area contributed by atoms with Gasteiger partial charge in [0.05, 0.1) is 22.5 Å². The van der Waals surface area contributed by atoms with Crippen molar-refractivity contribution in [2.75, 3.05) is 16.8 Å². The third-order valence-electron chi connectivity index (χ3n) is 9.82. The Balaban J connectivity index is 1.09. The number of carbonyl (C=O) groups is 3. The lowest BCUT2D eigenvalue weighted by atomic mass is 9.68. The standard InChI is InChI=1S/C34H28BrN3O5S2/c1-16-5-2-3-8-23(16)36-24(39)15-43-20-7-4-6-17(13-20)25-26-21-14-22(29(26)44-31-30(25)45-34(42)37-31)28-27(21)32(40)38(33(28)41)19-11-9-18(35)10-12-19/h2-13,21-22,25-29H,14-15H2,1H3,(H,36,39)(H,37,42)/t21-,22-,25-,26?,27?,28?,29?/m1/s1. The second kappa shape index (κ2) is 11.0. The minimum Gasteiger partial charge on any atom is -0.484 e. The number of thiazole rings is 1. The summed E-state index contributed by atoms with van der Waals surface area (Å²) in [7, 11) is 0. The highest BCUT2D eigenvalue weighted by Gasteiger charge is 2.69. The summed E-state index contributed by atoms with van der Waals surface area (Å²) in [4.78, 5) is 58.4. The van der Waals surface area contributed by atoms with E-state index in [-0.39, 0.29) is 70.0 Å². The van der Waals surface area contributed by atoms with Crippen LogP contribution in [0.5, 0.6) is 5.75 Å². The van der Waals surface area contributed by atoms with Crippen LogP contribution in [0.4, 0.5) is 11.4 Å². The summed E-state index contributed by atoms with van der Waals surface area (Å²) in [5, 5.41) is 3.84. The minimum atomic E-state index is -0.378. The molecule has 1 saturated heterocycles. The fourth-order valence-electron chi connectivity index (χ4n) is 8.08. The first-order chi connectivity index (χ1) is 21.8. The van der Waals surface area contributed by atoms with Gasteiger partial charge in [0.15, 0.2) is 6.61 Å². The maximum atomic E-state index is 14.0. The number of H-pyrrole nitrogens is 1. The van der Waals surface area contributed by atoms with Crippen molar-refractivity contribution in [3.05, 3.63) is 103 Å². The van der Waals surface area contributed by atoms with Gasteiger partial charge in [0, 0.05) is 26.2 Å². The molecule has 3 aromatic carbocycles. The fourth-order valence-corrected chi connectivity index (χ4v) is 11.2. The summed E-state index contributed by atoms with van der Waals surface area (Å²) >= 11 is 6.32. The van der Waals surface area contributed by atoms with E-state index in [2.05, 4.69) is 26.2 Å². The van der Waals surface area contributed by atoms with E-state index in [1.807, 2.05) is 79.7 Å². The molecule has 2 aliphatic carbocycles. The second-order valence-electron chi connectivity index (χ2n) is 12.2. The van der Waals surface area contributed by atoms with Crippen molar-refractivity contribution in [1.82, 2.24) is 4.98 Å². The molecule has 0 spiro atoms. The predicted molar refractivity (Wildman–Crippen MR) is 177 cm³/mol. The molecule has 2 N–H and O–H groups in total. The van der Waals surface area contributed by atoms with Gasteiger partial charge < -0.3 is 15.0 Å². The number of halogens is 1. The molecule has 3 heterocycles. The molecule has 4 aromatic rings. The van der Waals surface area contributed by atoms with Gasteiger partial charge in [-0.15, -0.1) is 11.8 Å². The molecule has 8 rings (SSSR count). The smallest absolute Gasteiger partial charge is 0.305 e. The third-order valence-corrected chi connectivity index (χ3v) is 12.9. The predicted octanol–water partition coefficient (Wildman–Crippen LogP) is 6.20. The molecule has 11 heteroatoms. The Morgan fingerprint density at radius 3 is 2.53 bits per heavy atom. The lowest BCUT2D eigenvalue weighted by Gasteiger charge is -2.43. The number of aromatic nitrogens is 1. The summed E-state index contributed by atoms with van der Waals surface area (Å²) in [6.45, 7) is 1.79. The summed E-state index contributed by atoms with van der Waals surface area (Å²) in [5.41, 5.74) is 3.29. The van der Waals surface area contributed by atoms with E-state index in [0.717, 1.165) is 37.6 Å². The number of ether oxygens (including phenoxy) is 1. The topological polar surface area (TPSA) is 109 Å². The molecular formula is C34H28BrN3O5S2. The van der Waals surface area contributed by atoms with Gasteiger partial charge in [-0.2, -0.15) is 0 Å². The van der Waals surface area contributed by atoms with Crippen LogP contribution < -0.4 is 19.8 Å². The highest BCUT2D eigenvalue weighted by atomic mass is 79.9. The Bertz CT molecular complexity index is 1920. The number of imide groups is 1. The Labute approximate surface area is 275 Å². The third kappa shape index (κ3) is 4.70. The molecule has 2 aliphatic heterocycles. The number of para-hydroxylation sites is 1. The maximum absolute atomic E-state index is 14.0. The van der Waals surface area contributed by atoms with Crippen molar-refractivity contribution >= 4 is 68.1 Å². The first-order valence-electron chi connectivity index (χ1n) is 14.9. The lowest BCUT2D eigenvalue weighted by molar-refractivity contribution is -0.123. The van der Waals surface area contributed by atoms with Gasteiger partial charge in [-0.3, -0.25) is 24.1 Å². The maximum Gasteiger partial charge on any atom is 0.305 e. The van der Waals surface area contributed by atoms with Crippen LogP contribution in [0.1, 0.15) is 28.3 Å². The molecule has 2 saturated carbocycles. The highest BCUT2D eigenvalue weighted by molar-refractivity contribution is 9.10. The number of rotatable bonds is 6. The van der Waals surface area contributed by atoms with E-state index < -0.39 is 0 Å².